The van der Waals surface area contributed by atoms with E-state index in [0.717, 1.165) is 38.1 Å². The average molecular weight is 352 g/mol. The number of nitrogens with zero attached hydrogens (tertiary/aromatic N) is 1. The van der Waals surface area contributed by atoms with Crippen LogP contribution in [0.15, 0.2) is 24.3 Å². The van der Waals surface area contributed by atoms with Crippen molar-refractivity contribution in [3.63, 3.8) is 0 Å². The Morgan fingerprint density at radius 2 is 2.24 bits per heavy atom. The number of carbonyl (C=O) groups is 1. The maximum absolute atomic E-state index is 12.7. The Morgan fingerprint density at radius 1 is 1.44 bits per heavy atom. The monoisotopic (exact) mass is 352 g/mol. The lowest BCUT2D eigenvalue weighted by Crippen LogP contribution is -2.54. The fourth-order valence-corrected chi connectivity index (χ4v) is 3.60. The summed E-state index contributed by atoms with van der Waals surface area (Å²) in [5, 5.41) is 2.35. The largest absolute Gasteiger partial charge is 0.448 e. The second kappa shape index (κ2) is 6.96. The van der Waals surface area contributed by atoms with Crippen molar-refractivity contribution in [3.8, 4) is 12.3 Å². The van der Waals surface area contributed by atoms with E-state index in [0.29, 0.717) is 5.92 Å². The summed E-state index contributed by atoms with van der Waals surface area (Å²) in [6.45, 7) is 1.95. The summed E-state index contributed by atoms with van der Waals surface area (Å²) in [4.78, 5) is 14.1. The lowest BCUT2D eigenvalue weighted by molar-refractivity contribution is -0.137. The summed E-state index contributed by atoms with van der Waals surface area (Å²) < 4.78 is 43.2. The van der Waals surface area contributed by atoms with E-state index in [1.54, 1.807) is 0 Å². The molecule has 1 unspecified atom stereocenters. The Morgan fingerprint density at radius 3 is 2.88 bits per heavy atom. The van der Waals surface area contributed by atoms with Crippen LogP contribution in [-0.4, -0.2) is 36.7 Å². The molecule has 4 rings (SSSR count). The lowest BCUT2D eigenvalue weighted by Gasteiger charge is -2.48. The number of piperidine rings is 3. The molecule has 25 heavy (non-hydrogen) atoms. The minimum atomic E-state index is -4.45. The molecule has 3 saturated heterocycles. The number of alkyl halides is 3. The molecule has 7 heteroatoms. The number of rotatable bonds is 3. The number of nitrogens with one attached hydrogen (secondary N) is 1. The van der Waals surface area contributed by atoms with Gasteiger partial charge in [0.25, 0.3) is 0 Å². The van der Waals surface area contributed by atoms with Gasteiger partial charge in [-0.2, -0.15) is 13.2 Å². The van der Waals surface area contributed by atoms with Crippen molar-refractivity contribution < 1.29 is 22.7 Å². The van der Waals surface area contributed by atoms with Crippen LogP contribution in [0, 0.1) is 24.2 Å². The molecule has 3 aliphatic rings. The quantitative estimate of drug-likeness (QED) is 0.845. The SMILES string of the molecule is C#C[C@@H]1CN2CC[C@H]1C[C@@H]2COC(=O)Nc1cccc(C(F)(F)F)c1. The minimum Gasteiger partial charge on any atom is -0.448 e. The number of hydrogen-bond donors (Lipinski definition) is 1. The molecule has 1 N–H and O–H groups in total. The first-order valence-corrected chi connectivity index (χ1v) is 8.18. The topological polar surface area (TPSA) is 41.6 Å². The first kappa shape index (κ1) is 17.6. The van der Waals surface area contributed by atoms with Crippen molar-refractivity contribution in [1.82, 2.24) is 4.90 Å². The summed E-state index contributed by atoms with van der Waals surface area (Å²) in [7, 11) is 0. The molecule has 0 radical (unpaired) electrons. The van der Waals surface area contributed by atoms with Gasteiger partial charge in [-0.25, -0.2) is 4.79 Å². The second-order valence-corrected chi connectivity index (χ2v) is 6.51. The van der Waals surface area contributed by atoms with Gasteiger partial charge in [0.2, 0.25) is 0 Å². The van der Waals surface area contributed by atoms with Crippen molar-refractivity contribution in [2.75, 3.05) is 25.0 Å². The Labute approximate surface area is 144 Å². The highest BCUT2D eigenvalue weighted by Crippen LogP contribution is 2.36. The van der Waals surface area contributed by atoms with Crippen molar-refractivity contribution in [3.05, 3.63) is 29.8 Å². The zero-order valence-corrected chi connectivity index (χ0v) is 13.6. The zero-order chi connectivity index (χ0) is 18.0. The van der Waals surface area contributed by atoms with Crippen LogP contribution in [0.1, 0.15) is 18.4 Å². The number of ether oxygens (including phenoxy) is 1. The number of terminal acetylenes is 1. The maximum Gasteiger partial charge on any atom is 0.416 e. The number of carbonyl (C=O) groups excluding carboxylic acids is 1. The van der Waals surface area contributed by atoms with E-state index in [9.17, 15) is 18.0 Å². The summed E-state index contributed by atoms with van der Waals surface area (Å²) >= 11 is 0. The molecule has 1 amide bonds. The van der Waals surface area contributed by atoms with Gasteiger partial charge in [-0.1, -0.05) is 6.07 Å². The predicted octanol–water partition coefficient (Wildman–Crippen LogP) is 3.60. The van der Waals surface area contributed by atoms with Gasteiger partial charge in [-0.15, -0.1) is 12.3 Å². The van der Waals surface area contributed by atoms with Crippen molar-refractivity contribution in [1.29, 1.82) is 0 Å². The van der Waals surface area contributed by atoms with E-state index in [4.69, 9.17) is 11.2 Å². The Bertz CT molecular complexity index is 684. The average Bonchev–Trinajstić information content (AvgIpc) is 2.60. The zero-order valence-electron chi connectivity index (χ0n) is 13.6. The van der Waals surface area contributed by atoms with E-state index in [1.165, 1.54) is 12.1 Å². The molecule has 3 heterocycles. The minimum absolute atomic E-state index is 0.0534. The number of anilines is 1. The van der Waals surface area contributed by atoms with Crippen LogP contribution in [-0.2, 0) is 10.9 Å². The highest BCUT2D eigenvalue weighted by molar-refractivity contribution is 5.84. The van der Waals surface area contributed by atoms with Gasteiger partial charge in [0.05, 0.1) is 5.56 Å². The van der Waals surface area contributed by atoms with Gasteiger partial charge < -0.3 is 4.74 Å². The molecule has 2 bridgehead atoms. The van der Waals surface area contributed by atoms with E-state index >= 15 is 0 Å². The molecule has 4 nitrogen and oxygen atoms in total. The van der Waals surface area contributed by atoms with Crippen molar-refractivity contribution >= 4 is 11.8 Å². The molecule has 0 saturated carbocycles. The highest BCUT2D eigenvalue weighted by atomic mass is 19.4. The molecule has 0 aliphatic carbocycles. The second-order valence-electron chi connectivity index (χ2n) is 6.51. The molecule has 1 aromatic rings. The number of fused-ring (bicyclic) bond motifs is 3. The smallest absolute Gasteiger partial charge is 0.416 e. The van der Waals surface area contributed by atoms with Crippen LogP contribution in [0.5, 0.6) is 0 Å². The van der Waals surface area contributed by atoms with Crippen LogP contribution in [0.3, 0.4) is 0 Å². The predicted molar refractivity (Wildman–Crippen MR) is 86.8 cm³/mol. The Kier molecular flexibility index (Phi) is 4.91. The molecular weight excluding hydrogens is 333 g/mol. The van der Waals surface area contributed by atoms with Crippen molar-refractivity contribution in [2.45, 2.75) is 25.1 Å². The third-order valence-electron chi connectivity index (χ3n) is 4.94. The number of amides is 1. The van der Waals surface area contributed by atoms with E-state index in [2.05, 4.69) is 16.1 Å². The fraction of sp³-hybridized carbons (Fsp3) is 0.500. The highest BCUT2D eigenvalue weighted by Gasteiger charge is 2.39. The summed E-state index contributed by atoms with van der Waals surface area (Å²) in [5.41, 5.74) is -0.765. The first-order valence-electron chi connectivity index (χ1n) is 8.18. The molecule has 134 valence electrons. The van der Waals surface area contributed by atoms with E-state index in [-0.39, 0.29) is 24.3 Å². The summed E-state index contributed by atoms with van der Waals surface area (Å²) in [6, 6.07) is 4.58. The van der Waals surface area contributed by atoms with E-state index < -0.39 is 17.8 Å². The van der Waals surface area contributed by atoms with Gasteiger partial charge in [-0.3, -0.25) is 10.2 Å². The van der Waals surface area contributed by atoms with Crippen LogP contribution in [0.2, 0.25) is 0 Å². The van der Waals surface area contributed by atoms with Gasteiger partial charge >= 0.3 is 12.3 Å². The van der Waals surface area contributed by atoms with Crippen LogP contribution in [0.25, 0.3) is 0 Å². The third kappa shape index (κ3) is 4.07. The lowest BCUT2D eigenvalue weighted by atomic mass is 9.76. The Hall–Kier alpha value is -2.20. The Balaban J connectivity index is 1.52. The molecule has 0 aromatic heterocycles. The molecular formula is C18H19F3N2O2. The first-order chi connectivity index (χ1) is 11.9. The number of halogens is 3. The molecule has 4 atom stereocenters. The fourth-order valence-electron chi connectivity index (χ4n) is 3.60. The van der Waals surface area contributed by atoms with Crippen LogP contribution < -0.4 is 5.32 Å². The summed E-state index contributed by atoms with van der Waals surface area (Å²) in [6.07, 6.45) is 2.26. The maximum atomic E-state index is 12.7. The standard InChI is InChI=1S/C18H19F3N2O2/c1-2-12-10-23-7-6-13(12)8-16(23)11-25-17(24)22-15-5-3-4-14(9-15)18(19,20)21/h1,3-5,9,12-13,16H,6-8,10-11H2,(H,22,24)/t12-,13+,16-/m1/s1. The van der Waals surface area contributed by atoms with E-state index in [1.807, 2.05) is 0 Å². The van der Waals surface area contributed by atoms with Crippen LogP contribution in [0.4, 0.5) is 23.7 Å². The van der Waals surface area contributed by atoms with Crippen LogP contribution >= 0.6 is 0 Å². The van der Waals surface area contributed by atoms with Gasteiger partial charge in [-0.05, 0) is 43.5 Å². The third-order valence-corrected chi connectivity index (χ3v) is 4.94. The summed E-state index contributed by atoms with van der Waals surface area (Å²) in [5.74, 6) is 3.52. The number of benzene rings is 1. The van der Waals surface area contributed by atoms with Gasteiger partial charge in [0.1, 0.15) is 6.61 Å². The number of hydrogen-bond acceptors (Lipinski definition) is 3. The molecule has 1 aromatic carbocycles. The van der Waals surface area contributed by atoms with Crippen molar-refractivity contribution in [2.24, 2.45) is 11.8 Å². The van der Waals surface area contributed by atoms with Gasteiger partial charge in [0, 0.05) is 24.2 Å². The molecule has 0 spiro atoms. The molecule has 3 aliphatic heterocycles. The normalized spacial score (nSPS) is 28.2. The van der Waals surface area contributed by atoms with Gasteiger partial charge in [0.15, 0.2) is 0 Å². The molecule has 3 fully saturated rings.